The molecule has 0 aliphatic rings. The van der Waals surface area contributed by atoms with Crippen molar-refractivity contribution >= 4 is 11.0 Å². The van der Waals surface area contributed by atoms with Crippen LogP contribution in [-0.4, -0.2) is 15.0 Å². The summed E-state index contributed by atoms with van der Waals surface area (Å²) in [6, 6.07) is 10.0. The van der Waals surface area contributed by atoms with Gasteiger partial charge in [0.1, 0.15) is 0 Å². The van der Waals surface area contributed by atoms with Gasteiger partial charge in [-0.25, -0.2) is 0 Å². The van der Waals surface area contributed by atoms with E-state index in [-0.39, 0.29) is 0 Å². The van der Waals surface area contributed by atoms with Crippen molar-refractivity contribution in [2.75, 3.05) is 0 Å². The van der Waals surface area contributed by atoms with Gasteiger partial charge in [-0.1, -0.05) is 6.07 Å². The zero-order valence-corrected chi connectivity index (χ0v) is 10.4. The number of fused-ring (bicyclic) bond motifs is 1. The molecule has 0 atom stereocenters. The van der Waals surface area contributed by atoms with Gasteiger partial charge in [-0.05, 0) is 38.1 Å². The van der Waals surface area contributed by atoms with E-state index in [1.807, 2.05) is 38.2 Å². The van der Waals surface area contributed by atoms with Crippen molar-refractivity contribution in [1.29, 1.82) is 0 Å². The van der Waals surface area contributed by atoms with E-state index in [1.54, 1.807) is 6.20 Å². The Hall–Kier alpha value is -2.29. The molecule has 3 heteroatoms. The van der Waals surface area contributed by atoms with Gasteiger partial charge in [-0.3, -0.25) is 15.0 Å². The van der Waals surface area contributed by atoms with Crippen LogP contribution in [0.3, 0.4) is 0 Å². The molecule has 0 saturated carbocycles. The highest BCUT2D eigenvalue weighted by atomic mass is 14.8. The van der Waals surface area contributed by atoms with Crippen LogP contribution in [0.25, 0.3) is 22.2 Å². The van der Waals surface area contributed by atoms with Crippen molar-refractivity contribution < 1.29 is 0 Å². The molecule has 0 spiro atoms. The molecular formula is C15H13N3. The summed E-state index contributed by atoms with van der Waals surface area (Å²) >= 11 is 0. The van der Waals surface area contributed by atoms with Gasteiger partial charge in [0.05, 0.1) is 11.0 Å². The highest BCUT2D eigenvalue weighted by molar-refractivity contribution is 5.80. The molecule has 0 aliphatic carbocycles. The van der Waals surface area contributed by atoms with E-state index in [9.17, 15) is 0 Å². The Balaban J connectivity index is 2.22. The van der Waals surface area contributed by atoms with E-state index in [0.29, 0.717) is 0 Å². The monoisotopic (exact) mass is 235 g/mol. The molecule has 0 aromatic carbocycles. The molecule has 3 nitrogen and oxygen atoms in total. The van der Waals surface area contributed by atoms with Crippen LogP contribution < -0.4 is 0 Å². The predicted molar refractivity (Wildman–Crippen MR) is 72.2 cm³/mol. The normalized spacial score (nSPS) is 10.8. The van der Waals surface area contributed by atoms with Crippen LogP contribution in [0.1, 0.15) is 11.4 Å². The first-order valence-electron chi connectivity index (χ1n) is 5.89. The molecule has 0 unspecified atom stereocenters. The molecule has 0 fully saturated rings. The van der Waals surface area contributed by atoms with E-state index in [0.717, 1.165) is 33.5 Å². The van der Waals surface area contributed by atoms with E-state index in [4.69, 9.17) is 0 Å². The average Bonchev–Trinajstić information content (AvgIpc) is 2.38. The van der Waals surface area contributed by atoms with E-state index < -0.39 is 0 Å². The van der Waals surface area contributed by atoms with E-state index in [2.05, 4.69) is 27.1 Å². The number of hydrogen-bond donors (Lipinski definition) is 0. The van der Waals surface area contributed by atoms with Gasteiger partial charge in [0, 0.05) is 34.9 Å². The molecule has 3 aromatic heterocycles. The second kappa shape index (κ2) is 4.18. The minimum Gasteiger partial charge on any atom is -0.261 e. The van der Waals surface area contributed by atoms with Gasteiger partial charge < -0.3 is 0 Å². The lowest BCUT2D eigenvalue weighted by molar-refractivity contribution is 1.20. The minimum absolute atomic E-state index is 0.922. The summed E-state index contributed by atoms with van der Waals surface area (Å²) in [5.41, 5.74) is 6.03. The minimum atomic E-state index is 0.922. The van der Waals surface area contributed by atoms with Gasteiger partial charge in [0.2, 0.25) is 0 Å². The Kier molecular flexibility index (Phi) is 2.52. The van der Waals surface area contributed by atoms with Gasteiger partial charge in [-0.2, -0.15) is 0 Å². The summed E-state index contributed by atoms with van der Waals surface area (Å²) in [4.78, 5) is 13.3. The van der Waals surface area contributed by atoms with Crippen LogP contribution >= 0.6 is 0 Å². The van der Waals surface area contributed by atoms with Crippen molar-refractivity contribution in [1.82, 2.24) is 15.0 Å². The van der Waals surface area contributed by atoms with Crippen LogP contribution in [0, 0.1) is 13.8 Å². The Labute approximate surface area is 106 Å². The lowest BCUT2D eigenvalue weighted by atomic mass is 10.1. The molecule has 3 aromatic rings. The predicted octanol–water partition coefficient (Wildman–Crippen LogP) is 3.31. The fourth-order valence-corrected chi connectivity index (χ4v) is 2.05. The Morgan fingerprint density at radius 2 is 1.83 bits per heavy atom. The topological polar surface area (TPSA) is 38.7 Å². The third kappa shape index (κ3) is 1.84. The fraction of sp³-hybridized carbons (Fsp3) is 0.133. The molecule has 88 valence electrons. The van der Waals surface area contributed by atoms with Crippen molar-refractivity contribution in [3.8, 4) is 11.1 Å². The van der Waals surface area contributed by atoms with Crippen LogP contribution in [-0.2, 0) is 0 Å². The lowest BCUT2D eigenvalue weighted by Gasteiger charge is -2.05. The number of hydrogen-bond acceptors (Lipinski definition) is 3. The van der Waals surface area contributed by atoms with Crippen LogP contribution in [0.4, 0.5) is 0 Å². The number of rotatable bonds is 1. The van der Waals surface area contributed by atoms with Gasteiger partial charge in [-0.15, -0.1) is 0 Å². The summed E-state index contributed by atoms with van der Waals surface area (Å²) in [5.74, 6) is 0. The van der Waals surface area contributed by atoms with Crippen molar-refractivity contribution in [3.63, 3.8) is 0 Å². The molecule has 0 radical (unpaired) electrons. The van der Waals surface area contributed by atoms with Gasteiger partial charge >= 0.3 is 0 Å². The standard InChI is InChI=1S/C15H13N3/c1-10-5-6-14-15(18-10)8-12(9-17-14)13-4-3-7-16-11(13)2/h3-9H,1-2H3. The van der Waals surface area contributed by atoms with E-state index >= 15 is 0 Å². The Morgan fingerprint density at radius 3 is 2.67 bits per heavy atom. The Bertz CT molecular complexity index is 720. The smallest absolute Gasteiger partial charge is 0.0896 e. The van der Waals surface area contributed by atoms with Crippen LogP contribution in [0.2, 0.25) is 0 Å². The van der Waals surface area contributed by atoms with Gasteiger partial charge in [0.15, 0.2) is 0 Å². The lowest BCUT2D eigenvalue weighted by Crippen LogP contribution is -1.90. The van der Waals surface area contributed by atoms with E-state index in [1.165, 1.54) is 0 Å². The SMILES string of the molecule is Cc1ccc2ncc(-c3cccnc3C)cc2n1. The average molecular weight is 235 g/mol. The Morgan fingerprint density at radius 1 is 0.944 bits per heavy atom. The molecule has 18 heavy (non-hydrogen) atoms. The summed E-state index contributed by atoms with van der Waals surface area (Å²) in [6.45, 7) is 3.99. The summed E-state index contributed by atoms with van der Waals surface area (Å²) in [6.07, 6.45) is 3.68. The molecule has 3 rings (SSSR count). The fourth-order valence-electron chi connectivity index (χ4n) is 2.05. The largest absolute Gasteiger partial charge is 0.261 e. The summed E-state index contributed by atoms with van der Waals surface area (Å²) < 4.78 is 0. The third-order valence-corrected chi connectivity index (χ3v) is 2.99. The van der Waals surface area contributed by atoms with Crippen molar-refractivity contribution in [2.45, 2.75) is 13.8 Å². The molecule has 0 saturated heterocycles. The van der Waals surface area contributed by atoms with Crippen LogP contribution in [0.15, 0.2) is 42.7 Å². The first kappa shape index (κ1) is 10.8. The van der Waals surface area contributed by atoms with Crippen molar-refractivity contribution in [2.24, 2.45) is 0 Å². The zero-order valence-electron chi connectivity index (χ0n) is 10.4. The molecule has 0 amide bonds. The third-order valence-electron chi connectivity index (χ3n) is 2.99. The van der Waals surface area contributed by atoms with Crippen LogP contribution in [0.5, 0.6) is 0 Å². The second-order valence-corrected chi connectivity index (χ2v) is 4.35. The molecule has 3 heterocycles. The maximum Gasteiger partial charge on any atom is 0.0896 e. The highest BCUT2D eigenvalue weighted by Crippen LogP contribution is 2.23. The first-order chi connectivity index (χ1) is 8.74. The summed E-state index contributed by atoms with van der Waals surface area (Å²) in [7, 11) is 0. The number of aryl methyl sites for hydroxylation is 2. The maximum absolute atomic E-state index is 4.51. The highest BCUT2D eigenvalue weighted by Gasteiger charge is 2.04. The number of nitrogens with zero attached hydrogens (tertiary/aromatic N) is 3. The first-order valence-corrected chi connectivity index (χ1v) is 5.89. The molecular weight excluding hydrogens is 222 g/mol. The quantitative estimate of drug-likeness (QED) is 0.649. The van der Waals surface area contributed by atoms with Gasteiger partial charge in [0.25, 0.3) is 0 Å². The second-order valence-electron chi connectivity index (χ2n) is 4.35. The van der Waals surface area contributed by atoms with Crippen molar-refractivity contribution in [3.05, 3.63) is 54.1 Å². The summed E-state index contributed by atoms with van der Waals surface area (Å²) in [5, 5.41) is 0. The molecule has 0 bridgehead atoms. The molecule has 0 N–H and O–H groups in total. The maximum atomic E-state index is 4.51. The zero-order chi connectivity index (χ0) is 12.5. The number of pyridine rings is 3. The molecule has 0 aliphatic heterocycles. The number of aromatic nitrogens is 3.